The Bertz CT molecular complexity index is 760. The number of nitrogens with two attached hydrogens (primary N) is 1. The monoisotopic (exact) mass is 307 g/mol. The van der Waals surface area contributed by atoms with Crippen molar-refractivity contribution in [2.45, 2.75) is 32.5 Å². The number of para-hydroxylation sites is 1. The number of hydrogen-bond acceptors (Lipinski definition) is 3. The Morgan fingerprint density at radius 3 is 2.26 bits per heavy atom. The molecule has 2 aromatic carbocycles. The fourth-order valence-corrected chi connectivity index (χ4v) is 2.90. The number of benzene rings is 2. The Morgan fingerprint density at radius 1 is 1.00 bits per heavy atom. The van der Waals surface area contributed by atoms with Crippen molar-refractivity contribution in [2.75, 3.05) is 4.90 Å². The van der Waals surface area contributed by atoms with Crippen LogP contribution in [0.2, 0.25) is 0 Å². The zero-order chi connectivity index (χ0) is 16.6. The quantitative estimate of drug-likeness (QED) is 0.880. The maximum atomic E-state index is 12.8. The van der Waals surface area contributed by atoms with Crippen molar-refractivity contribution in [3.63, 3.8) is 0 Å². The van der Waals surface area contributed by atoms with Gasteiger partial charge in [0.1, 0.15) is 0 Å². The molecule has 4 nitrogen and oxygen atoms in total. The predicted octanol–water partition coefficient (Wildman–Crippen LogP) is 2.95. The van der Waals surface area contributed by atoms with E-state index in [0.29, 0.717) is 0 Å². The standard InChI is InChI=1S/C19H21N3O/c1-19(2,3)22-15-12-8-7-11-14(15)16(21-17(20)18(22)23)13-9-5-4-6-10-13/h4-12,17H,20H2,1-3H3/t17-/m0/s1. The minimum absolute atomic E-state index is 0.184. The van der Waals surface area contributed by atoms with E-state index in [-0.39, 0.29) is 11.4 Å². The number of fused-ring (bicyclic) bond motifs is 1. The van der Waals surface area contributed by atoms with Crippen molar-refractivity contribution in [1.82, 2.24) is 0 Å². The molecule has 0 bridgehead atoms. The minimum Gasteiger partial charge on any atom is -0.303 e. The molecule has 0 saturated carbocycles. The maximum Gasteiger partial charge on any atom is 0.266 e. The molecule has 0 unspecified atom stereocenters. The molecule has 0 fully saturated rings. The topological polar surface area (TPSA) is 58.7 Å². The zero-order valence-electron chi connectivity index (χ0n) is 13.7. The summed E-state index contributed by atoms with van der Waals surface area (Å²) in [6.45, 7) is 6.01. The number of nitrogens with zero attached hydrogens (tertiary/aromatic N) is 2. The first-order chi connectivity index (χ1) is 10.9. The summed E-state index contributed by atoms with van der Waals surface area (Å²) in [5.41, 5.74) is 9.20. The number of hydrogen-bond donors (Lipinski definition) is 1. The number of carbonyl (C=O) groups excluding carboxylic acids is 1. The van der Waals surface area contributed by atoms with Gasteiger partial charge in [-0.25, -0.2) is 0 Å². The first-order valence-electron chi connectivity index (χ1n) is 7.72. The van der Waals surface area contributed by atoms with Crippen molar-refractivity contribution in [2.24, 2.45) is 10.7 Å². The van der Waals surface area contributed by atoms with E-state index in [2.05, 4.69) is 4.99 Å². The predicted molar refractivity (Wildman–Crippen MR) is 93.7 cm³/mol. The third-order valence-corrected chi connectivity index (χ3v) is 3.86. The van der Waals surface area contributed by atoms with Crippen molar-refractivity contribution < 1.29 is 4.79 Å². The summed E-state index contributed by atoms with van der Waals surface area (Å²) in [5.74, 6) is -0.184. The Labute approximate surface area is 136 Å². The van der Waals surface area contributed by atoms with E-state index in [1.54, 1.807) is 4.90 Å². The van der Waals surface area contributed by atoms with Crippen molar-refractivity contribution in [3.8, 4) is 0 Å². The highest BCUT2D eigenvalue weighted by atomic mass is 16.2. The number of aliphatic imine (C=N–C) groups is 1. The summed E-state index contributed by atoms with van der Waals surface area (Å²) >= 11 is 0. The number of rotatable bonds is 1. The largest absolute Gasteiger partial charge is 0.303 e. The van der Waals surface area contributed by atoms with Gasteiger partial charge in [-0.2, -0.15) is 0 Å². The summed E-state index contributed by atoms with van der Waals surface area (Å²) in [4.78, 5) is 19.1. The highest BCUT2D eigenvalue weighted by molar-refractivity contribution is 6.20. The van der Waals surface area contributed by atoms with Crippen LogP contribution in [0.4, 0.5) is 5.69 Å². The Kier molecular flexibility index (Phi) is 3.78. The lowest BCUT2D eigenvalue weighted by molar-refractivity contribution is -0.120. The lowest BCUT2D eigenvalue weighted by atomic mass is 9.97. The van der Waals surface area contributed by atoms with Gasteiger partial charge in [-0.3, -0.25) is 9.79 Å². The van der Waals surface area contributed by atoms with Crippen LogP contribution in [0.25, 0.3) is 0 Å². The number of amides is 1. The van der Waals surface area contributed by atoms with Crippen LogP contribution >= 0.6 is 0 Å². The van der Waals surface area contributed by atoms with Gasteiger partial charge >= 0.3 is 0 Å². The van der Waals surface area contributed by atoms with E-state index >= 15 is 0 Å². The van der Waals surface area contributed by atoms with Crippen LogP contribution in [0, 0.1) is 0 Å². The smallest absolute Gasteiger partial charge is 0.266 e. The molecular weight excluding hydrogens is 286 g/mol. The molecular formula is C19H21N3O. The highest BCUT2D eigenvalue weighted by Gasteiger charge is 2.36. The highest BCUT2D eigenvalue weighted by Crippen LogP contribution is 2.32. The molecule has 1 amide bonds. The van der Waals surface area contributed by atoms with Gasteiger partial charge < -0.3 is 10.6 Å². The molecule has 4 heteroatoms. The molecule has 0 radical (unpaired) electrons. The number of anilines is 1. The maximum absolute atomic E-state index is 12.8. The third kappa shape index (κ3) is 2.78. The van der Waals surface area contributed by atoms with E-state index < -0.39 is 6.17 Å². The van der Waals surface area contributed by atoms with Gasteiger partial charge in [-0.15, -0.1) is 0 Å². The van der Waals surface area contributed by atoms with E-state index in [1.165, 1.54) is 0 Å². The SMILES string of the molecule is CC(C)(C)N1C(=O)[C@@H](N)N=C(c2ccccc2)c2ccccc21. The van der Waals surface area contributed by atoms with Crippen molar-refractivity contribution in [1.29, 1.82) is 0 Å². The van der Waals surface area contributed by atoms with Gasteiger partial charge in [0.2, 0.25) is 0 Å². The molecule has 2 N–H and O–H groups in total. The summed E-state index contributed by atoms with van der Waals surface area (Å²) in [6.07, 6.45) is -0.906. The minimum atomic E-state index is -0.906. The van der Waals surface area contributed by atoms with Gasteiger partial charge in [0.15, 0.2) is 6.17 Å². The van der Waals surface area contributed by atoms with Crippen LogP contribution in [0.1, 0.15) is 31.9 Å². The molecule has 1 heterocycles. The van der Waals surface area contributed by atoms with Crippen LogP contribution in [0.3, 0.4) is 0 Å². The molecule has 1 aliphatic heterocycles. The molecule has 2 aromatic rings. The second-order valence-electron chi connectivity index (χ2n) is 6.65. The van der Waals surface area contributed by atoms with Crippen molar-refractivity contribution >= 4 is 17.3 Å². The van der Waals surface area contributed by atoms with Gasteiger partial charge in [-0.05, 0) is 26.8 Å². The third-order valence-electron chi connectivity index (χ3n) is 3.86. The lowest BCUT2D eigenvalue weighted by Crippen LogP contribution is -2.51. The van der Waals surface area contributed by atoms with Crippen LogP contribution in [0.5, 0.6) is 0 Å². The van der Waals surface area contributed by atoms with E-state index in [1.807, 2.05) is 75.4 Å². The lowest BCUT2D eigenvalue weighted by Gasteiger charge is -2.36. The molecule has 0 aromatic heterocycles. The first-order valence-corrected chi connectivity index (χ1v) is 7.72. The average Bonchev–Trinajstić information content (AvgIpc) is 2.63. The van der Waals surface area contributed by atoms with Gasteiger partial charge in [0, 0.05) is 16.7 Å². The molecule has 1 atom stereocenters. The second kappa shape index (κ2) is 5.63. The molecule has 0 saturated heterocycles. The van der Waals surface area contributed by atoms with E-state index in [0.717, 1.165) is 22.5 Å². The average molecular weight is 307 g/mol. The fourth-order valence-electron chi connectivity index (χ4n) is 2.90. The number of benzodiazepines with no additional fused rings is 1. The summed E-state index contributed by atoms with van der Waals surface area (Å²) in [5, 5.41) is 0. The molecule has 1 aliphatic rings. The molecule has 0 spiro atoms. The zero-order valence-corrected chi connectivity index (χ0v) is 13.7. The Hall–Kier alpha value is -2.46. The van der Waals surface area contributed by atoms with Crippen LogP contribution in [-0.4, -0.2) is 23.3 Å². The van der Waals surface area contributed by atoms with Crippen LogP contribution in [-0.2, 0) is 4.79 Å². The van der Waals surface area contributed by atoms with Gasteiger partial charge in [-0.1, -0.05) is 48.5 Å². The second-order valence-corrected chi connectivity index (χ2v) is 6.65. The molecule has 23 heavy (non-hydrogen) atoms. The molecule has 3 rings (SSSR count). The molecule has 0 aliphatic carbocycles. The van der Waals surface area contributed by atoms with Crippen LogP contribution in [0.15, 0.2) is 59.6 Å². The Balaban J connectivity index is 2.26. The fraction of sp³-hybridized carbons (Fsp3) is 0.263. The summed E-state index contributed by atoms with van der Waals surface area (Å²) in [7, 11) is 0. The van der Waals surface area contributed by atoms with E-state index in [9.17, 15) is 4.79 Å². The summed E-state index contributed by atoms with van der Waals surface area (Å²) < 4.78 is 0. The Morgan fingerprint density at radius 2 is 1.61 bits per heavy atom. The van der Waals surface area contributed by atoms with Gasteiger partial charge in [0.25, 0.3) is 5.91 Å². The molecule has 118 valence electrons. The van der Waals surface area contributed by atoms with Crippen LogP contribution < -0.4 is 10.6 Å². The van der Waals surface area contributed by atoms with Gasteiger partial charge in [0.05, 0.1) is 11.4 Å². The number of carbonyl (C=O) groups is 1. The van der Waals surface area contributed by atoms with Crippen molar-refractivity contribution in [3.05, 3.63) is 65.7 Å². The van der Waals surface area contributed by atoms with E-state index in [4.69, 9.17) is 5.73 Å². The first kappa shape index (κ1) is 15.4. The summed E-state index contributed by atoms with van der Waals surface area (Å²) in [6, 6.07) is 17.7. The normalized spacial score (nSPS) is 18.3.